The van der Waals surface area contributed by atoms with E-state index in [1.807, 2.05) is 29.7 Å². The van der Waals surface area contributed by atoms with Crippen LogP contribution in [-0.4, -0.2) is 40.3 Å². The van der Waals surface area contributed by atoms with Gasteiger partial charge in [-0.2, -0.15) is 0 Å². The number of fused-ring (bicyclic) bond motifs is 1. The zero-order chi connectivity index (χ0) is 19.1. The Labute approximate surface area is 169 Å². The van der Waals surface area contributed by atoms with Crippen LogP contribution in [0.15, 0.2) is 42.6 Å². The molecule has 0 bridgehead atoms. The maximum Gasteiger partial charge on any atom is 0.135 e. The highest BCUT2D eigenvalue weighted by atomic mass is 32.1. The number of nitrogens with zero attached hydrogens (tertiary/aromatic N) is 3. The van der Waals surface area contributed by atoms with E-state index in [2.05, 4.69) is 45.6 Å². The first-order valence-electron chi connectivity index (χ1n) is 9.75. The number of aryl methyl sites for hydroxylation is 1. The summed E-state index contributed by atoms with van der Waals surface area (Å²) in [7, 11) is 1.70. The van der Waals surface area contributed by atoms with E-state index in [1.54, 1.807) is 7.11 Å². The van der Waals surface area contributed by atoms with Gasteiger partial charge in [0.25, 0.3) is 0 Å². The lowest BCUT2D eigenvalue weighted by Gasteiger charge is -2.35. The molecule has 5 nitrogen and oxygen atoms in total. The Balaban J connectivity index is 1.37. The van der Waals surface area contributed by atoms with Gasteiger partial charge in [-0.05, 0) is 37.6 Å². The number of aromatic nitrogens is 2. The largest absolute Gasteiger partial charge is 0.497 e. The number of benzene rings is 1. The summed E-state index contributed by atoms with van der Waals surface area (Å²) in [6.45, 7) is 6.67. The number of hydrogen-bond acceptors (Lipinski definition) is 5. The molecular weight excluding hydrogens is 370 g/mol. The molecule has 0 aliphatic carbocycles. The normalized spacial score (nSPS) is 21.9. The topological polar surface area (TPSA) is 39.5 Å². The highest BCUT2D eigenvalue weighted by Crippen LogP contribution is 2.36. The minimum absolute atomic E-state index is 0.117. The molecule has 146 valence electrons. The fourth-order valence-electron chi connectivity index (χ4n) is 4.37. The molecule has 1 fully saturated rings. The highest BCUT2D eigenvalue weighted by molar-refractivity contribution is 7.11. The quantitative estimate of drug-likeness (QED) is 0.667. The summed E-state index contributed by atoms with van der Waals surface area (Å²) in [5.74, 6) is 1.88. The van der Waals surface area contributed by atoms with Gasteiger partial charge in [-0.1, -0.05) is 12.1 Å². The summed E-state index contributed by atoms with van der Waals surface area (Å²) >= 11 is 1.89. The zero-order valence-corrected chi connectivity index (χ0v) is 17.2. The summed E-state index contributed by atoms with van der Waals surface area (Å²) in [5, 5.41) is 0. The number of hydrogen-bond donors (Lipinski definition) is 0. The van der Waals surface area contributed by atoms with E-state index in [1.165, 1.54) is 9.75 Å². The van der Waals surface area contributed by atoms with E-state index in [0.29, 0.717) is 6.61 Å². The number of methoxy groups -OCH3 is 1. The lowest BCUT2D eigenvalue weighted by Crippen LogP contribution is -2.44. The Hall–Kier alpha value is -2.15. The third kappa shape index (κ3) is 3.26. The molecule has 3 aromatic rings. The summed E-state index contributed by atoms with van der Waals surface area (Å²) in [4.78, 5) is 9.96. The van der Waals surface area contributed by atoms with Crippen LogP contribution >= 0.6 is 11.3 Å². The van der Waals surface area contributed by atoms with E-state index in [4.69, 9.17) is 9.47 Å². The summed E-state index contributed by atoms with van der Waals surface area (Å²) in [6.07, 6.45) is 3.03. The third-order valence-electron chi connectivity index (χ3n) is 5.83. The predicted molar refractivity (Wildman–Crippen MR) is 111 cm³/mol. The van der Waals surface area contributed by atoms with Crippen LogP contribution in [0.4, 0.5) is 0 Å². The molecule has 0 N–H and O–H groups in total. The predicted octanol–water partition coefficient (Wildman–Crippen LogP) is 4.10. The first-order valence-corrected chi connectivity index (χ1v) is 10.6. The zero-order valence-electron chi connectivity index (χ0n) is 16.4. The molecule has 6 heteroatoms. The molecule has 0 radical (unpaired) electrons. The Bertz CT molecular complexity index is 995. The molecule has 2 aliphatic heterocycles. The van der Waals surface area contributed by atoms with Gasteiger partial charge in [0.1, 0.15) is 23.8 Å². The van der Waals surface area contributed by atoms with Gasteiger partial charge in [-0.15, -0.1) is 11.3 Å². The van der Waals surface area contributed by atoms with Crippen LogP contribution in [-0.2, 0) is 24.4 Å². The van der Waals surface area contributed by atoms with Crippen LogP contribution in [0.5, 0.6) is 5.75 Å². The molecule has 2 aliphatic rings. The second kappa shape index (κ2) is 7.03. The third-order valence-corrected chi connectivity index (χ3v) is 6.81. The Morgan fingerprint density at radius 2 is 2.18 bits per heavy atom. The average molecular weight is 396 g/mol. The number of imidazole rings is 1. The van der Waals surface area contributed by atoms with Crippen LogP contribution in [0.25, 0.3) is 11.3 Å². The Morgan fingerprint density at radius 3 is 3.00 bits per heavy atom. The second-order valence-electron chi connectivity index (χ2n) is 7.82. The molecule has 0 saturated carbocycles. The van der Waals surface area contributed by atoms with E-state index < -0.39 is 0 Å². The van der Waals surface area contributed by atoms with Crippen LogP contribution in [0.3, 0.4) is 0 Å². The van der Waals surface area contributed by atoms with Gasteiger partial charge in [0.2, 0.25) is 0 Å². The van der Waals surface area contributed by atoms with E-state index in [9.17, 15) is 0 Å². The molecule has 2 aromatic heterocycles. The minimum atomic E-state index is -0.117. The number of rotatable bonds is 4. The Kier molecular flexibility index (Phi) is 4.50. The average Bonchev–Trinajstić information content (AvgIpc) is 3.41. The fourth-order valence-corrected chi connectivity index (χ4v) is 5.30. The van der Waals surface area contributed by atoms with Gasteiger partial charge >= 0.3 is 0 Å². The van der Waals surface area contributed by atoms with Crippen LogP contribution in [0.1, 0.15) is 22.0 Å². The summed E-state index contributed by atoms with van der Waals surface area (Å²) in [6, 6.07) is 12.7. The number of thiophene rings is 1. The van der Waals surface area contributed by atoms with Crippen molar-refractivity contribution in [3.63, 3.8) is 0 Å². The van der Waals surface area contributed by atoms with Gasteiger partial charge < -0.3 is 14.0 Å². The van der Waals surface area contributed by atoms with Gasteiger partial charge in [-0.3, -0.25) is 4.90 Å². The van der Waals surface area contributed by atoms with Crippen LogP contribution < -0.4 is 4.74 Å². The van der Waals surface area contributed by atoms with Crippen molar-refractivity contribution in [2.45, 2.75) is 38.6 Å². The van der Waals surface area contributed by atoms with Crippen LogP contribution in [0.2, 0.25) is 0 Å². The molecule has 0 amide bonds. The van der Waals surface area contributed by atoms with Gasteiger partial charge in [0, 0.05) is 35.0 Å². The number of likely N-dealkylation sites (tertiary alicyclic amines) is 1. The van der Waals surface area contributed by atoms with Gasteiger partial charge in [0.05, 0.1) is 25.5 Å². The second-order valence-corrected chi connectivity index (χ2v) is 9.19. The van der Waals surface area contributed by atoms with Crippen LogP contribution in [0, 0.1) is 6.92 Å². The summed E-state index contributed by atoms with van der Waals surface area (Å²) < 4.78 is 14.1. The van der Waals surface area contributed by atoms with Crippen molar-refractivity contribution in [1.82, 2.24) is 14.5 Å². The van der Waals surface area contributed by atoms with Gasteiger partial charge in [-0.25, -0.2) is 4.98 Å². The molecule has 4 heterocycles. The standard InChI is InChI=1S/C22H25N3O2S/c1-16-6-7-19(28-16)12-24-9-8-22(14-24)15-25-20(11-23-21(25)13-27-22)17-4-3-5-18(10-17)26-2/h3-7,10-11H,8-9,12-15H2,1-2H3/t22-/m0/s1. The molecular formula is C22H25N3O2S. The number of ether oxygens (including phenoxy) is 2. The van der Waals surface area contributed by atoms with Crippen molar-refractivity contribution in [1.29, 1.82) is 0 Å². The molecule has 1 spiro atoms. The van der Waals surface area contributed by atoms with Gasteiger partial charge in [0.15, 0.2) is 0 Å². The van der Waals surface area contributed by atoms with Crippen molar-refractivity contribution in [2.75, 3.05) is 20.2 Å². The van der Waals surface area contributed by atoms with Crippen molar-refractivity contribution in [3.8, 4) is 17.0 Å². The van der Waals surface area contributed by atoms with E-state index >= 15 is 0 Å². The summed E-state index contributed by atoms with van der Waals surface area (Å²) in [5.41, 5.74) is 2.16. The smallest absolute Gasteiger partial charge is 0.135 e. The Morgan fingerprint density at radius 1 is 1.25 bits per heavy atom. The minimum Gasteiger partial charge on any atom is -0.497 e. The molecule has 0 unspecified atom stereocenters. The maximum atomic E-state index is 6.37. The SMILES string of the molecule is COc1cccc(-c2cnc3n2C[C@@]2(CCN(Cc4ccc(C)s4)C2)OC3)c1. The highest BCUT2D eigenvalue weighted by Gasteiger charge is 2.43. The maximum absolute atomic E-state index is 6.37. The van der Waals surface area contributed by atoms with Crippen molar-refractivity contribution in [3.05, 3.63) is 58.2 Å². The first kappa shape index (κ1) is 17.9. The lowest BCUT2D eigenvalue weighted by atomic mass is 10.0. The molecule has 1 saturated heterocycles. The molecule has 1 atom stereocenters. The lowest BCUT2D eigenvalue weighted by molar-refractivity contribution is -0.0821. The van der Waals surface area contributed by atoms with Crippen molar-refractivity contribution in [2.24, 2.45) is 0 Å². The first-order chi connectivity index (χ1) is 13.6. The van der Waals surface area contributed by atoms with Crippen molar-refractivity contribution >= 4 is 11.3 Å². The van der Waals surface area contributed by atoms with E-state index in [-0.39, 0.29) is 5.60 Å². The van der Waals surface area contributed by atoms with Crippen molar-refractivity contribution < 1.29 is 9.47 Å². The fraction of sp³-hybridized carbons (Fsp3) is 0.409. The molecule has 5 rings (SSSR count). The van der Waals surface area contributed by atoms with E-state index in [0.717, 1.165) is 55.4 Å². The molecule has 28 heavy (non-hydrogen) atoms. The molecule has 1 aromatic carbocycles. The monoisotopic (exact) mass is 395 g/mol.